The largest absolute Gasteiger partial charge is 0.310 e. The maximum Gasteiger partial charge on any atom is 0.0465 e. The first-order valence-electron chi connectivity index (χ1n) is 48.3. The monoisotopic (exact) mass is 1740 g/mol. The van der Waals surface area contributed by atoms with E-state index < -0.39 is 0 Å². The average molecular weight is 1740 g/mol. The van der Waals surface area contributed by atoms with Crippen LogP contribution in [-0.4, -0.2) is 0 Å². The summed E-state index contributed by atoms with van der Waals surface area (Å²) >= 11 is 0. The van der Waals surface area contributed by atoms with Crippen LogP contribution in [0.2, 0.25) is 0 Å². The SMILES string of the molecule is CC1(C)c2ccccc2-c2ccc(N(c3ccc4c(c3)C(C)(C)c3ccccc3-4)c3ccc4c(c3)C(C)(C)c3cc(N(c5ccc6c(c5)C(C)(C)c5ccccc5-6)c5ccc6c(c5)C(C)(C)c5ccccc5-6)ccc3-4)cc21.Cc1ccc(N(c2ccc(-c3ccc(N(c4ccc(C)cc4)c4ccc5c(c4)C(C)(C)c4ccccc4-5)cc3)cc2)c2ccc3c(c2)C(C)(C)c2ccccc2-3)cc1. The summed E-state index contributed by atoms with van der Waals surface area (Å²) in [5.74, 6) is 0. The van der Waals surface area contributed by atoms with Gasteiger partial charge in [-0.1, -0.05) is 351 Å². The first-order chi connectivity index (χ1) is 65.0. The van der Waals surface area contributed by atoms with Crippen LogP contribution in [0.15, 0.2) is 388 Å². The van der Waals surface area contributed by atoms with Gasteiger partial charge in [0.1, 0.15) is 0 Å². The van der Waals surface area contributed by atoms with E-state index in [-0.39, 0.29) is 37.9 Å². The van der Waals surface area contributed by atoms with Crippen LogP contribution >= 0.6 is 0 Å². The lowest BCUT2D eigenvalue weighted by Gasteiger charge is -2.31. The van der Waals surface area contributed by atoms with Crippen LogP contribution in [0.5, 0.6) is 0 Å². The van der Waals surface area contributed by atoms with Crippen molar-refractivity contribution in [3.8, 4) is 89.0 Å². The summed E-state index contributed by atoms with van der Waals surface area (Å²) in [6, 6.07) is 147. The third-order valence-electron chi connectivity index (χ3n) is 32.3. The molecule has 7 aliphatic rings. The van der Waals surface area contributed by atoms with Crippen molar-refractivity contribution in [2.75, 3.05) is 19.6 Å². The molecule has 0 N–H and O–H groups in total. The molecule has 135 heavy (non-hydrogen) atoms. The molecule has 0 saturated carbocycles. The van der Waals surface area contributed by atoms with E-state index in [1.165, 1.54) is 201 Å². The Bertz CT molecular complexity index is 7280. The normalized spacial score (nSPS) is 15.5. The smallest absolute Gasteiger partial charge is 0.0465 e. The number of nitrogens with zero attached hydrogens (tertiary/aromatic N) is 4. The molecule has 0 bridgehead atoms. The molecule has 4 heteroatoms. The Labute approximate surface area is 797 Å². The van der Waals surface area contributed by atoms with Crippen LogP contribution in [0, 0.1) is 13.8 Å². The van der Waals surface area contributed by atoms with Crippen molar-refractivity contribution in [1.29, 1.82) is 0 Å². The Morgan fingerprint density at radius 3 is 0.422 bits per heavy atom. The van der Waals surface area contributed by atoms with Gasteiger partial charge in [-0.25, -0.2) is 0 Å². The van der Waals surface area contributed by atoms with Crippen LogP contribution in [0.3, 0.4) is 0 Å². The topological polar surface area (TPSA) is 13.0 Å². The molecule has 0 aliphatic heterocycles. The van der Waals surface area contributed by atoms with Gasteiger partial charge >= 0.3 is 0 Å². The number of benzene rings is 18. The molecule has 7 aliphatic carbocycles. The van der Waals surface area contributed by atoms with Gasteiger partial charge in [0.25, 0.3) is 0 Å². The van der Waals surface area contributed by atoms with Crippen molar-refractivity contribution in [2.24, 2.45) is 0 Å². The Hall–Kier alpha value is -14.8. The second kappa shape index (κ2) is 30.1. The molecule has 0 heterocycles. The first-order valence-corrected chi connectivity index (χ1v) is 48.3. The first kappa shape index (κ1) is 83.2. The summed E-state index contributed by atoms with van der Waals surface area (Å²) in [7, 11) is 0. The van der Waals surface area contributed by atoms with E-state index in [2.05, 4.69) is 519 Å². The quantitative estimate of drug-likeness (QED) is 0.114. The zero-order valence-electron chi connectivity index (χ0n) is 80.2. The summed E-state index contributed by atoms with van der Waals surface area (Å²) in [5, 5.41) is 0. The summed E-state index contributed by atoms with van der Waals surface area (Å²) in [5.41, 5.74) is 55.7. The second-order valence-electron chi connectivity index (χ2n) is 42.6. The standard InChI is InChI=1S/C75H64N2.C56H48N2/c1-71(2)61-23-15-11-19-51(61)55-33-27-45(39-65(55)71)76(46-28-34-56-52-20-12-16-24-62(52)72(3,4)66(56)40-46)49-31-37-59-60-38-32-50(44-70(60)75(9,10)69(59)43-49)77(47-29-35-57-53-21-13-17-25-63(53)73(5,6)67(57)41-47)48-30-36-58-54-22-14-18-26-64(54)74(7,8)68(58)42-48;1-37-15-23-41(24-16-37)57(45-31-33-49-47-11-7-9-13-51(47)55(3,4)53(49)35-45)43-27-19-39(20-28-43)40-21-29-44(30-22-40)58(42-25-17-38(2)18-26-42)46-32-34-50-48-12-8-10-14-52(48)56(5,6)54(50)36-46/h11-44H,1-10H3;7-36H,1-6H3. The fourth-order valence-corrected chi connectivity index (χ4v) is 24.8. The molecule has 0 atom stereocenters. The Balaban J connectivity index is 0.000000154. The minimum atomic E-state index is -0.305. The molecule has 4 nitrogen and oxygen atoms in total. The minimum absolute atomic E-state index is 0.0745. The second-order valence-corrected chi connectivity index (χ2v) is 42.6. The highest BCUT2D eigenvalue weighted by atomic mass is 15.2. The fraction of sp³-hybridized carbons (Fsp3) is 0.176. The van der Waals surface area contributed by atoms with Crippen LogP contribution in [0.1, 0.15) is 186 Å². The number of fused-ring (bicyclic) bond motifs is 21. The Kier molecular flexibility index (Phi) is 18.6. The number of anilines is 12. The van der Waals surface area contributed by atoms with Crippen LogP contribution < -0.4 is 19.6 Å². The summed E-state index contributed by atoms with van der Waals surface area (Å²) in [6.45, 7) is 37.7. The molecular weight excluding hydrogens is 1630 g/mol. The van der Waals surface area contributed by atoms with Crippen LogP contribution in [0.4, 0.5) is 68.2 Å². The van der Waals surface area contributed by atoms with E-state index >= 15 is 0 Å². The van der Waals surface area contributed by atoms with Gasteiger partial charge in [0.05, 0.1) is 0 Å². The van der Waals surface area contributed by atoms with Gasteiger partial charge in [0.15, 0.2) is 0 Å². The van der Waals surface area contributed by atoms with Gasteiger partial charge in [-0.15, -0.1) is 0 Å². The third-order valence-corrected chi connectivity index (χ3v) is 32.3. The van der Waals surface area contributed by atoms with Gasteiger partial charge in [0, 0.05) is 106 Å². The van der Waals surface area contributed by atoms with Crippen LogP contribution in [0.25, 0.3) is 89.0 Å². The summed E-state index contributed by atoms with van der Waals surface area (Å²) in [6.07, 6.45) is 0. The molecule has 656 valence electrons. The van der Waals surface area contributed by atoms with Crippen molar-refractivity contribution >= 4 is 68.2 Å². The van der Waals surface area contributed by atoms with Crippen molar-refractivity contribution in [3.63, 3.8) is 0 Å². The molecular formula is C131H112N4. The van der Waals surface area contributed by atoms with Crippen molar-refractivity contribution in [1.82, 2.24) is 0 Å². The van der Waals surface area contributed by atoms with Gasteiger partial charge < -0.3 is 19.6 Å². The third kappa shape index (κ3) is 12.7. The predicted octanol–water partition coefficient (Wildman–Crippen LogP) is 35.7. The lowest BCUT2D eigenvalue weighted by Crippen LogP contribution is -2.19. The van der Waals surface area contributed by atoms with E-state index in [4.69, 9.17) is 0 Å². The molecule has 0 spiro atoms. The van der Waals surface area contributed by atoms with Crippen molar-refractivity contribution < 1.29 is 0 Å². The highest BCUT2D eigenvalue weighted by Gasteiger charge is 2.45. The van der Waals surface area contributed by atoms with Crippen LogP contribution in [-0.2, 0) is 37.9 Å². The van der Waals surface area contributed by atoms with Gasteiger partial charge in [-0.2, -0.15) is 0 Å². The van der Waals surface area contributed by atoms with E-state index in [0.29, 0.717) is 0 Å². The molecule has 0 radical (unpaired) electrons. The van der Waals surface area contributed by atoms with E-state index in [1.54, 1.807) is 0 Å². The van der Waals surface area contributed by atoms with Gasteiger partial charge in [-0.05, 0) is 326 Å². The predicted molar refractivity (Wildman–Crippen MR) is 569 cm³/mol. The fourth-order valence-electron chi connectivity index (χ4n) is 24.8. The van der Waals surface area contributed by atoms with E-state index in [1.807, 2.05) is 0 Å². The molecule has 25 rings (SSSR count). The number of hydrogen-bond donors (Lipinski definition) is 0. The van der Waals surface area contributed by atoms with Gasteiger partial charge in [0.2, 0.25) is 0 Å². The van der Waals surface area contributed by atoms with Gasteiger partial charge in [-0.3, -0.25) is 0 Å². The summed E-state index contributed by atoms with van der Waals surface area (Å²) in [4.78, 5) is 9.85. The highest BCUT2D eigenvalue weighted by Crippen LogP contribution is 2.61. The molecule has 18 aromatic carbocycles. The number of hydrogen-bond acceptors (Lipinski definition) is 4. The zero-order valence-corrected chi connectivity index (χ0v) is 80.2. The molecule has 0 unspecified atom stereocenters. The van der Waals surface area contributed by atoms with Crippen molar-refractivity contribution in [3.05, 3.63) is 477 Å². The van der Waals surface area contributed by atoms with E-state index in [0.717, 1.165) is 45.5 Å². The highest BCUT2D eigenvalue weighted by molar-refractivity contribution is 5.96. The van der Waals surface area contributed by atoms with Crippen molar-refractivity contribution in [2.45, 2.75) is 149 Å². The maximum absolute atomic E-state index is 2.53. The van der Waals surface area contributed by atoms with E-state index in [9.17, 15) is 0 Å². The molecule has 0 amide bonds. The molecule has 0 saturated heterocycles. The molecule has 0 aromatic heterocycles. The number of aryl methyl sites for hydroxylation is 2. The minimum Gasteiger partial charge on any atom is -0.310 e. The zero-order chi connectivity index (χ0) is 92.5. The maximum atomic E-state index is 2.53. The Morgan fingerprint density at radius 2 is 0.252 bits per heavy atom. The summed E-state index contributed by atoms with van der Waals surface area (Å²) < 4.78 is 0. The lowest BCUT2D eigenvalue weighted by atomic mass is 9.81. The lowest BCUT2D eigenvalue weighted by molar-refractivity contribution is 0.659. The molecule has 0 fully saturated rings. The molecule has 18 aromatic rings. The Morgan fingerprint density at radius 1 is 0.126 bits per heavy atom. The number of rotatable bonds is 13. The average Bonchev–Trinajstić information content (AvgIpc) is 1.53.